The predicted molar refractivity (Wildman–Crippen MR) is 124 cm³/mol. The van der Waals surface area contributed by atoms with Crippen molar-refractivity contribution < 1.29 is 5.11 Å². The van der Waals surface area contributed by atoms with Gasteiger partial charge in [-0.15, -0.1) is 0 Å². The van der Waals surface area contributed by atoms with Crippen LogP contribution in [0, 0.1) is 0 Å². The topological polar surface area (TPSA) is 78.6 Å². The van der Waals surface area contributed by atoms with Gasteiger partial charge in [0.25, 0.3) is 0 Å². The molecule has 0 bridgehead atoms. The third-order valence-corrected chi connectivity index (χ3v) is 4.79. The van der Waals surface area contributed by atoms with Crippen molar-refractivity contribution in [2.24, 2.45) is 0 Å². The van der Waals surface area contributed by atoms with Gasteiger partial charge in [-0.25, -0.2) is 4.98 Å². The Bertz CT molecular complexity index is 859. The molecule has 0 aliphatic carbocycles. The fourth-order valence-electron chi connectivity index (χ4n) is 3.35. The smallest absolute Gasteiger partial charge is 0.162 e. The molecule has 4 rings (SSSR count). The Labute approximate surface area is 180 Å². The molecule has 0 saturated carbocycles. The van der Waals surface area contributed by atoms with Gasteiger partial charge in [0.15, 0.2) is 5.65 Å². The summed E-state index contributed by atoms with van der Waals surface area (Å²) >= 11 is 0. The number of anilines is 2. The van der Waals surface area contributed by atoms with Crippen molar-refractivity contribution in [3.05, 3.63) is 47.9 Å². The highest BCUT2D eigenvalue weighted by molar-refractivity contribution is 5.61. The van der Waals surface area contributed by atoms with E-state index in [-0.39, 0.29) is 6.61 Å². The van der Waals surface area contributed by atoms with Crippen LogP contribution in [0.25, 0.3) is 5.65 Å². The molecule has 3 aromatic heterocycles. The maximum atomic E-state index is 7.57. The average Bonchev–Trinajstić information content (AvgIpc) is 3.24. The van der Waals surface area contributed by atoms with E-state index in [1.165, 1.54) is 24.8 Å². The number of aliphatic hydroxyl groups is 1. The van der Waals surface area contributed by atoms with Gasteiger partial charge in [0.2, 0.25) is 0 Å². The summed E-state index contributed by atoms with van der Waals surface area (Å²) in [5.74, 6) is 2.03. The zero-order valence-electron chi connectivity index (χ0n) is 18.8. The Morgan fingerprint density at radius 1 is 1.10 bits per heavy atom. The number of hydrogen-bond donors (Lipinski definition) is 2. The number of rotatable bonds is 5. The van der Waals surface area contributed by atoms with Crippen LogP contribution in [0.15, 0.2) is 36.8 Å². The highest BCUT2D eigenvalue weighted by Gasteiger charge is 2.16. The second-order valence-corrected chi connectivity index (χ2v) is 6.84. The number of aromatic nitrogens is 4. The van der Waals surface area contributed by atoms with Gasteiger partial charge in [-0.05, 0) is 44.2 Å². The van der Waals surface area contributed by atoms with E-state index in [0.717, 1.165) is 42.4 Å². The van der Waals surface area contributed by atoms with E-state index >= 15 is 0 Å². The van der Waals surface area contributed by atoms with E-state index in [9.17, 15) is 0 Å². The molecule has 1 fully saturated rings. The van der Waals surface area contributed by atoms with E-state index in [1.807, 2.05) is 36.8 Å². The van der Waals surface area contributed by atoms with Crippen LogP contribution in [0.4, 0.5) is 11.6 Å². The Kier molecular flexibility index (Phi) is 10.1. The first-order valence-electron chi connectivity index (χ1n) is 11.1. The zero-order chi connectivity index (χ0) is 21.8. The number of nitrogens with one attached hydrogen (secondary N) is 1. The summed E-state index contributed by atoms with van der Waals surface area (Å²) in [6, 6.07) is 6.16. The molecule has 0 aromatic carbocycles. The standard InChI is InChI=1S/C19H24N6.C2H6O.C2H6/c1-2-16-14-22-25-17(21-13-15-7-6-8-20-12-15)11-18(23-19(16)25)24-9-4-3-5-10-24;1-2-3;1-2/h6-8,11-12,14,21H,2-5,9-10,13H2,1H3;3H,2H2,1H3;1-2H3. The van der Waals surface area contributed by atoms with Crippen LogP contribution in [-0.2, 0) is 13.0 Å². The molecule has 7 nitrogen and oxygen atoms in total. The first kappa shape index (κ1) is 23.6. The first-order valence-corrected chi connectivity index (χ1v) is 11.1. The quantitative estimate of drug-likeness (QED) is 0.650. The van der Waals surface area contributed by atoms with Gasteiger partial charge in [-0.3, -0.25) is 4.98 Å². The van der Waals surface area contributed by atoms with Gasteiger partial charge in [0.1, 0.15) is 11.6 Å². The largest absolute Gasteiger partial charge is 0.397 e. The van der Waals surface area contributed by atoms with Crippen LogP contribution in [0.1, 0.15) is 58.1 Å². The zero-order valence-corrected chi connectivity index (χ0v) is 18.8. The summed E-state index contributed by atoms with van der Waals surface area (Å²) in [5, 5.41) is 15.6. The summed E-state index contributed by atoms with van der Waals surface area (Å²) in [4.78, 5) is 11.5. The van der Waals surface area contributed by atoms with Gasteiger partial charge >= 0.3 is 0 Å². The van der Waals surface area contributed by atoms with Gasteiger partial charge in [0, 0.05) is 50.3 Å². The molecule has 0 radical (unpaired) electrons. The van der Waals surface area contributed by atoms with E-state index < -0.39 is 0 Å². The maximum Gasteiger partial charge on any atom is 0.162 e. The molecule has 0 amide bonds. The fourth-order valence-corrected chi connectivity index (χ4v) is 3.35. The van der Waals surface area contributed by atoms with E-state index in [4.69, 9.17) is 10.1 Å². The van der Waals surface area contributed by atoms with Crippen molar-refractivity contribution in [1.82, 2.24) is 19.6 Å². The molecular formula is C23H36N6O. The second-order valence-electron chi connectivity index (χ2n) is 6.84. The lowest BCUT2D eigenvalue weighted by Crippen LogP contribution is -2.30. The second kappa shape index (κ2) is 12.8. The van der Waals surface area contributed by atoms with Crippen molar-refractivity contribution in [2.45, 2.75) is 59.9 Å². The van der Waals surface area contributed by atoms with Crippen LogP contribution in [-0.4, -0.2) is 44.4 Å². The molecule has 164 valence electrons. The summed E-state index contributed by atoms with van der Waals surface area (Å²) < 4.78 is 1.92. The first-order chi connectivity index (χ1) is 14.8. The molecule has 1 aliphatic rings. The minimum absolute atomic E-state index is 0.250. The summed E-state index contributed by atoms with van der Waals surface area (Å²) in [6.45, 7) is 11.0. The van der Waals surface area contributed by atoms with Crippen LogP contribution in [0.3, 0.4) is 0 Å². The third kappa shape index (κ3) is 6.16. The molecule has 0 unspecified atom stereocenters. The summed E-state index contributed by atoms with van der Waals surface area (Å²) in [5.41, 5.74) is 3.29. The molecule has 0 spiro atoms. The van der Waals surface area contributed by atoms with Crippen LogP contribution in [0.2, 0.25) is 0 Å². The normalized spacial score (nSPS) is 13.2. The number of pyridine rings is 1. The number of aryl methyl sites for hydroxylation is 1. The number of nitrogens with zero attached hydrogens (tertiary/aromatic N) is 5. The molecule has 7 heteroatoms. The SMILES string of the molecule is CC.CCO.CCc1cnn2c(NCc3cccnc3)cc(N3CCCCC3)nc12. The highest BCUT2D eigenvalue weighted by Crippen LogP contribution is 2.24. The molecule has 0 atom stereocenters. The summed E-state index contributed by atoms with van der Waals surface area (Å²) in [6.07, 6.45) is 10.3. The number of fused-ring (bicyclic) bond motifs is 1. The van der Waals surface area contributed by atoms with Gasteiger partial charge < -0.3 is 15.3 Å². The van der Waals surface area contributed by atoms with Gasteiger partial charge in [-0.1, -0.05) is 26.8 Å². The number of aliphatic hydroxyl groups excluding tert-OH is 1. The van der Waals surface area contributed by atoms with Crippen molar-refractivity contribution in [2.75, 3.05) is 29.9 Å². The van der Waals surface area contributed by atoms with E-state index in [1.54, 1.807) is 13.1 Å². The van der Waals surface area contributed by atoms with Crippen LogP contribution >= 0.6 is 0 Å². The Hall–Kier alpha value is -2.67. The molecule has 1 aliphatic heterocycles. The molecular weight excluding hydrogens is 376 g/mol. The number of hydrogen-bond acceptors (Lipinski definition) is 6. The molecule has 2 N–H and O–H groups in total. The van der Waals surface area contributed by atoms with E-state index in [0.29, 0.717) is 6.54 Å². The average molecular weight is 413 g/mol. The van der Waals surface area contributed by atoms with Crippen molar-refractivity contribution in [3.8, 4) is 0 Å². The van der Waals surface area contributed by atoms with Crippen LogP contribution in [0.5, 0.6) is 0 Å². The minimum Gasteiger partial charge on any atom is -0.397 e. The Morgan fingerprint density at radius 2 is 1.83 bits per heavy atom. The van der Waals surface area contributed by atoms with Gasteiger partial charge in [0.05, 0.1) is 6.20 Å². The Balaban J connectivity index is 0.000000590. The predicted octanol–water partition coefficient (Wildman–Crippen LogP) is 4.31. The van der Waals surface area contributed by atoms with Gasteiger partial charge in [-0.2, -0.15) is 9.61 Å². The minimum atomic E-state index is 0.250. The third-order valence-electron chi connectivity index (χ3n) is 4.79. The highest BCUT2D eigenvalue weighted by atomic mass is 16.2. The summed E-state index contributed by atoms with van der Waals surface area (Å²) in [7, 11) is 0. The maximum absolute atomic E-state index is 7.57. The van der Waals surface area contributed by atoms with Crippen LogP contribution < -0.4 is 10.2 Å². The van der Waals surface area contributed by atoms with Crippen molar-refractivity contribution in [1.29, 1.82) is 0 Å². The van der Waals surface area contributed by atoms with E-state index in [2.05, 4.69) is 39.4 Å². The van der Waals surface area contributed by atoms with Crippen molar-refractivity contribution >= 4 is 17.3 Å². The fraction of sp³-hybridized carbons (Fsp3) is 0.522. The molecule has 30 heavy (non-hydrogen) atoms. The molecule has 4 heterocycles. The van der Waals surface area contributed by atoms with Crippen molar-refractivity contribution in [3.63, 3.8) is 0 Å². The lowest BCUT2D eigenvalue weighted by atomic mass is 10.1. The number of piperidine rings is 1. The lowest BCUT2D eigenvalue weighted by molar-refractivity contribution is 0.318. The Morgan fingerprint density at radius 3 is 2.47 bits per heavy atom. The monoisotopic (exact) mass is 412 g/mol. The lowest BCUT2D eigenvalue weighted by Gasteiger charge is -2.28. The molecule has 3 aromatic rings. The molecule has 1 saturated heterocycles.